The Morgan fingerprint density at radius 3 is 2.79 bits per heavy atom. The Kier molecular flexibility index (Phi) is 5.23. The number of thioether (sulfide) groups is 1. The highest BCUT2D eigenvalue weighted by molar-refractivity contribution is 8.15. The molecule has 1 atom stereocenters. The summed E-state index contributed by atoms with van der Waals surface area (Å²) >= 11 is 1.44. The van der Waals surface area contributed by atoms with E-state index in [2.05, 4.69) is 15.2 Å². The molecule has 2 aliphatic rings. The summed E-state index contributed by atoms with van der Waals surface area (Å²) in [5.41, 5.74) is 2.93. The van der Waals surface area contributed by atoms with E-state index in [0.29, 0.717) is 0 Å². The summed E-state index contributed by atoms with van der Waals surface area (Å²) in [4.78, 5) is 30.8. The fourth-order valence-electron chi connectivity index (χ4n) is 2.97. The maximum absolute atomic E-state index is 12.3. The second-order valence-electron chi connectivity index (χ2n) is 6.46. The Hall–Kier alpha value is -1.82. The van der Waals surface area contributed by atoms with Crippen molar-refractivity contribution in [3.63, 3.8) is 0 Å². The number of likely N-dealkylation sites (tertiary alicyclic amines) is 1. The Bertz CT molecular complexity index is 681. The summed E-state index contributed by atoms with van der Waals surface area (Å²) in [5.74, 6) is -0.318. The van der Waals surface area contributed by atoms with Gasteiger partial charge in [0.15, 0.2) is 5.17 Å². The molecule has 128 valence electrons. The lowest BCUT2D eigenvalue weighted by Gasteiger charge is -2.27. The van der Waals surface area contributed by atoms with Gasteiger partial charge in [-0.2, -0.15) is 4.99 Å². The summed E-state index contributed by atoms with van der Waals surface area (Å²) in [6, 6.07) is 5.95. The van der Waals surface area contributed by atoms with Crippen LogP contribution in [0.4, 0.5) is 5.69 Å². The van der Waals surface area contributed by atoms with Crippen LogP contribution >= 0.6 is 11.8 Å². The van der Waals surface area contributed by atoms with Gasteiger partial charge in [0, 0.05) is 25.2 Å². The molecular formula is C18H23N3O2S. The highest BCUT2D eigenvalue weighted by Gasteiger charge is 2.33. The van der Waals surface area contributed by atoms with Crippen molar-refractivity contribution in [2.75, 3.05) is 18.4 Å². The molecular weight excluding hydrogens is 322 g/mol. The number of anilines is 1. The molecule has 1 unspecified atom stereocenters. The van der Waals surface area contributed by atoms with E-state index >= 15 is 0 Å². The van der Waals surface area contributed by atoms with Gasteiger partial charge < -0.3 is 10.2 Å². The first-order valence-corrected chi connectivity index (χ1v) is 9.32. The fraction of sp³-hybridized carbons (Fsp3) is 0.500. The first-order chi connectivity index (χ1) is 11.5. The number of nitrogens with zero attached hydrogens (tertiary/aromatic N) is 2. The van der Waals surface area contributed by atoms with Gasteiger partial charge in [0.25, 0.3) is 5.91 Å². The van der Waals surface area contributed by atoms with E-state index in [9.17, 15) is 9.59 Å². The van der Waals surface area contributed by atoms with E-state index in [1.54, 1.807) is 0 Å². The number of benzene rings is 1. The van der Waals surface area contributed by atoms with Crippen molar-refractivity contribution in [2.45, 2.75) is 44.8 Å². The van der Waals surface area contributed by atoms with Crippen molar-refractivity contribution < 1.29 is 9.59 Å². The topological polar surface area (TPSA) is 61.8 Å². The molecule has 2 amide bonds. The number of aryl methyl sites for hydroxylation is 2. The standard InChI is InChI=1S/C18H23N3O2S/c1-12-6-7-13(2)14(10-12)19-16(22)11-15-17(23)20-18(24-15)21-8-4-3-5-9-21/h6-7,10,15H,3-5,8-9,11H2,1-2H3,(H,19,22). The average molecular weight is 345 g/mol. The van der Waals surface area contributed by atoms with Gasteiger partial charge in [-0.3, -0.25) is 9.59 Å². The fourth-order valence-corrected chi connectivity index (χ4v) is 4.09. The molecule has 1 fully saturated rings. The number of rotatable bonds is 3. The van der Waals surface area contributed by atoms with Crippen molar-refractivity contribution in [3.05, 3.63) is 29.3 Å². The van der Waals surface area contributed by atoms with Crippen molar-refractivity contribution in [2.24, 2.45) is 4.99 Å². The van der Waals surface area contributed by atoms with E-state index in [4.69, 9.17) is 0 Å². The van der Waals surface area contributed by atoms with Crippen LogP contribution in [0.2, 0.25) is 0 Å². The van der Waals surface area contributed by atoms with Crippen LogP contribution < -0.4 is 5.32 Å². The largest absolute Gasteiger partial charge is 0.351 e. The van der Waals surface area contributed by atoms with Gasteiger partial charge in [-0.25, -0.2) is 0 Å². The Balaban J connectivity index is 1.57. The molecule has 2 aliphatic heterocycles. The number of carbonyl (C=O) groups is 2. The minimum atomic E-state index is -0.396. The molecule has 6 heteroatoms. The first-order valence-electron chi connectivity index (χ1n) is 8.44. The van der Waals surface area contributed by atoms with Crippen LogP contribution in [0.25, 0.3) is 0 Å². The zero-order valence-electron chi connectivity index (χ0n) is 14.2. The van der Waals surface area contributed by atoms with E-state index in [1.807, 2.05) is 32.0 Å². The van der Waals surface area contributed by atoms with E-state index in [1.165, 1.54) is 18.2 Å². The van der Waals surface area contributed by atoms with Crippen LogP contribution in [0, 0.1) is 13.8 Å². The number of nitrogens with one attached hydrogen (secondary N) is 1. The van der Waals surface area contributed by atoms with Gasteiger partial charge >= 0.3 is 0 Å². The maximum atomic E-state index is 12.3. The summed E-state index contributed by atoms with van der Waals surface area (Å²) in [6.07, 6.45) is 3.69. The molecule has 0 spiro atoms. The van der Waals surface area contributed by atoms with Crippen molar-refractivity contribution in [1.29, 1.82) is 0 Å². The molecule has 5 nitrogen and oxygen atoms in total. The number of amidine groups is 1. The summed E-state index contributed by atoms with van der Waals surface area (Å²) in [5, 5.41) is 3.32. The van der Waals surface area contributed by atoms with Crippen LogP contribution in [0.15, 0.2) is 23.2 Å². The van der Waals surface area contributed by atoms with Crippen LogP contribution in [0.1, 0.15) is 36.8 Å². The minimum Gasteiger partial charge on any atom is -0.351 e. The number of hydrogen-bond donors (Lipinski definition) is 1. The summed E-state index contributed by atoms with van der Waals surface area (Å²) < 4.78 is 0. The Morgan fingerprint density at radius 1 is 1.29 bits per heavy atom. The molecule has 2 heterocycles. The molecule has 0 radical (unpaired) electrons. The van der Waals surface area contributed by atoms with Crippen molar-refractivity contribution in [3.8, 4) is 0 Å². The average Bonchev–Trinajstić information content (AvgIpc) is 2.92. The number of carbonyl (C=O) groups excluding carboxylic acids is 2. The van der Waals surface area contributed by atoms with Crippen molar-refractivity contribution in [1.82, 2.24) is 4.90 Å². The number of piperidine rings is 1. The number of aliphatic imine (C=N–C) groups is 1. The zero-order valence-corrected chi connectivity index (χ0v) is 15.0. The molecule has 0 aromatic heterocycles. The molecule has 1 aromatic rings. The third-order valence-electron chi connectivity index (χ3n) is 4.39. The lowest BCUT2D eigenvalue weighted by molar-refractivity contribution is -0.121. The highest BCUT2D eigenvalue weighted by Crippen LogP contribution is 2.29. The third kappa shape index (κ3) is 3.98. The summed E-state index contributed by atoms with van der Waals surface area (Å²) in [7, 11) is 0. The van der Waals surface area contributed by atoms with Gasteiger partial charge in [0.05, 0.1) is 0 Å². The van der Waals surface area contributed by atoms with E-state index in [-0.39, 0.29) is 18.2 Å². The minimum absolute atomic E-state index is 0.135. The third-order valence-corrected chi connectivity index (χ3v) is 5.61. The molecule has 0 saturated carbocycles. The predicted octanol–water partition coefficient (Wildman–Crippen LogP) is 3.12. The molecule has 1 saturated heterocycles. The predicted molar refractivity (Wildman–Crippen MR) is 98.4 cm³/mol. The number of hydrogen-bond acceptors (Lipinski definition) is 4. The summed E-state index contributed by atoms with van der Waals surface area (Å²) in [6.45, 7) is 5.87. The second kappa shape index (κ2) is 7.38. The molecule has 0 aliphatic carbocycles. The van der Waals surface area contributed by atoms with Crippen molar-refractivity contribution >= 4 is 34.4 Å². The van der Waals surface area contributed by atoms with Gasteiger partial charge in [-0.1, -0.05) is 23.9 Å². The van der Waals surface area contributed by atoms with Gasteiger partial charge in [0.1, 0.15) is 5.25 Å². The molecule has 24 heavy (non-hydrogen) atoms. The normalized spacial score (nSPS) is 20.9. The monoisotopic (exact) mass is 345 g/mol. The first kappa shape index (κ1) is 17.0. The van der Waals surface area contributed by atoms with Gasteiger partial charge in [-0.15, -0.1) is 0 Å². The Morgan fingerprint density at radius 2 is 2.04 bits per heavy atom. The van der Waals surface area contributed by atoms with Gasteiger partial charge in [-0.05, 0) is 50.3 Å². The van der Waals surface area contributed by atoms with Crippen LogP contribution in [-0.2, 0) is 9.59 Å². The van der Waals surface area contributed by atoms with Gasteiger partial charge in [0.2, 0.25) is 5.91 Å². The SMILES string of the molecule is Cc1ccc(C)c(NC(=O)CC2SC(N3CCCCC3)=NC2=O)c1. The maximum Gasteiger partial charge on any atom is 0.262 e. The lowest BCUT2D eigenvalue weighted by Crippen LogP contribution is -2.33. The Labute approximate surface area is 146 Å². The zero-order chi connectivity index (χ0) is 17.1. The van der Waals surface area contributed by atoms with Crippen LogP contribution in [0.3, 0.4) is 0 Å². The van der Waals surface area contributed by atoms with E-state index in [0.717, 1.165) is 47.9 Å². The molecule has 1 aromatic carbocycles. The lowest BCUT2D eigenvalue weighted by atomic mass is 10.1. The smallest absolute Gasteiger partial charge is 0.262 e. The molecule has 0 bridgehead atoms. The van der Waals surface area contributed by atoms with Crippen LogP contribution in [0.5, 0.6) is 0 Å². The van der Waals surface area contributed by atoms with Crippen LogP contribution in [-0.4, -0.2) is 40.2 Å². The quantitative estimate of drug-likeness (QED) is 0.914. The van der Waals surface area contributed by atoms with E-state index < -0.39 is 5.25 Å². The molecule has 1 N–H and O–H groups in total. The number of amides is 2. The molecule has 3 rings (SSSR count). The second-order valence-corrected chi connectivity index (χ2v) is 7.63. The highest BCUT2D eigenvalue weighted by atomic mass is 32.2.